The first-order valence-corrected chi connectivity index (χ1v) is 8.42. The molecule has 20 heavy (non-hydrogen) atoms. The van der Waals surface area contributed by atoms with Crippen molar-refractivity contribution in [2.24, 2.45) is 17.8 Å². The van der Waals surface area contributed by atoms with E-state index in [0.717, 1.165) is 24.3 Å². The summed E-state index contributed by atoms with van der Waals surface area (Å²) in [5, 5.41) is 3.58. The Morgan fingerprint density at radius 3 is 2.70 bits per heavy atom. The number of hydrogen-bond donors (Lipinski definition) is 1. The molecule has 5 unspecified atom stereocenters. The largest absolute Gasteiger partial charge is 0.377 e. The Hall–Kier alpha value is -0.120. The number of piperidine rings is 1. The molecule has 1 aliphatic heterocycles. The van der Waals surface area contributed by atoms with Crippen molar-refractivity contribution in [1.29, 1.82) is 0 Å². The van der Waals surface area contributed by atoms with Gasteiger partial charge in [0.2, 0.25) is 0 Å². The van der Waals surface area contributed by atoms with E-state index in [4.69, 9.17) is 4.74 Å². The van der Waals surface area contributed by atoms with E-state index in [1.54, 1.807) is 0 Å². The van der Waals surface area contributed by atoms with E-state index in [1.807, 2.05) is 7.11 Å². The summed E-state index contributed by atoms with van der Waals surface area (Å²) in [5.74, 6) is 2.48. The normalized spacial score (nSPS) is 43.6. The monoisotopic (exact) mass is 282 g/mol. The zero-order valence-electron chi connectivity index (χ0n) is 14.1. The maximum atomic E-state index is 5.74. The van der Waals surface area contributed by atoms with E-state index in [2.05, 4.69) is 38.0 Å². The fourth-order valence-electron chi connectivity index (χ4n) is 4.48. The third-order valence-electron chi connectivity index (χ3n) is 5.75. The Kier molecular flexibility index (Phi) is 5.49. The molecule has 5 atom stereocenters. The Balaban J connectivity index is 1.96. The molecule has 3 heteroatoms. The second-order valence-electron chi connectivity index (χ2n) is 7.61. The van der Waals surface area contributed by atoms with Crippen LogP contribution in [0, 0.1) is 17.8 Å². The molecule has 3 nitrogen and oxygen atoms in total. The van der Waals surface area contributed by atoms with Gasteiger partial charge in [0.05, 0.1) is 5.60 Å². The Bertz CT molecular complexity index is 309. The molecule has 0 spiro atoms. The van der Waals surface area contributed by atoms with Gasteiger partial charge in [-0.05, 0) is 64.0 Å². The molecular formula is C17H34N2O. The van der Waals surface area contributed by atoms with Crippen LogP contribution in [0.4, 0.5) is 0 Å². The first-order valence-electron chi connectivity index (χ1n) is 8.42. The Morgan fingerprint density at radius 1 is 1.30 bits per heavy atom. The topological polar surface area (TPSA) is 24.5 Å². The predicted octanol–water partition coefficient (Wildman–Crippen LogP) is 2.76. The average Bonchev–Trinajstić information content (AvgIpc) is 2.41. The quantitative estimate of drug-likeness (QED) is 0.858. The van der Waals surface area contributed by atoms with Crippen LogP contribution in [-0.2, 0) is 4.74 Å². The van der Waals surface area contributed by atoms with Crippen LogP contribution in [0.25, 0.3) is 0 Å². The number of likely N-dealkylation sites (tertiary alicyclic amines) is 1. The molecule has 1 saturated carbocycles. The van der Waals surface area contributed by atoms with Crippen molar-refractivity contribution in [1.82, 2.24) is 10.2 Å². The number of nitrogens with one attached hydrogen (secondary N) is 1. The summed E-state index contributed by atoms with van der Waals surface area (Å²) in [7, 11) is 4.00. The van der Waals surface area contributed by atoms with Gasteiger partial charge < -0.3 is 15.0 Å². The second-order valence-corrected chi connectivity index (χ2v) is 7.61. The minimum Gasteiger partial charge on any atom is -0.377 e. The van der Waals surface area contributed by atoms with Gasteiger partial charge in [-0.25, -0.2) is 0 Å². The summed E-state index contributed by atoms with van der Waals surface area (Å²) in [6.07, 6.45) is 5.19. The third kappa shape index (κ3) is 3.75. The van der Waals surface area contributed by atoms with Gasteiger partial charge in [-0.3, -0.25) is 0 Å². The number of nitrogens with zero attached hydrogens (tertiary/aromatic N) is 1. The Morgan fingerprint density at radius 2 is 2.05 bits per heavy atom. The molecule has 1 heterocycles. The highest BCUT2D eigenvalue weighted by molar-refractivity contribution is 4.91. The number of hydrogen-bond acceptors (Lipinski definition) is 3. The minimum absolute atomic E-state index is 0.0680. The zero-order valence-corrected chi connectivity index (χ0v) is 14.1. The van der Waals surface area contributed by atoms with Crippen molar-refractivity contribution in [2.75, 3.05) is 33.8 Å². The van der Waals surface area contributed by atoms with Gasteiger partial charge >= 0.3 is 0 Å². The van der Waals surface area contributed by atoms with Gasteiger partial charge in [-0.2, -0.15) is 0 Å². The van der Waals surface area contributed by atoms with Crippen molar-refractivity contribution in [3.8, 4) is 0 Å². The molecule has 1 N–H and O–H groups in total. The smallest absolute Gasteiger partial charge is 0.0777 e. The summed E-state index contributed by atoms with van der Waals surface area (Å²) in [4.78, 5) is 2.65. The van der Waals surface area contributed by atoms with Crippen molar-refractivity contribution in [3.63, 3.8) is 0 Å². The molecule has 2 aliphatic rings. The fraction of sp³-hybridized carbons (Fsp3) is 1.00. The molecule has 0 aromatic rings. The van der Waals surface area contributed by atoms with Crippen LogP contribution < -0.4 is 5.32 Å². The molecule has 2 rings (SSSR count). The predicted molar refractivity (Wildman–Crippen MR) is 85.0 cm³/mol. The van der Waals surface area contributed by atoms with Crippen LogP contribution in [0.1, 0.15) is 46.5 Å². The highest BCUT2D eigenvalue weighted by Gasteiger charge is 2.37. The van der Waals surface area contributed by atoms with Gasteiger partial charge in [0.1, 0.15) is 0 Å². The van der Waals surface area contributed by atoms with Gasteiger partial charge in [0, 0.05) is 26.2 Å². The van der Waals surface area contributed by atoms with Gasteiger partial charge in [-0.15, -0.1) is 0 Å². The van der Waals surface area contributed by atoms with Crippen LogP contribution in [0.5, 0.6) is 0 Å². The molecular weight excluding hydrogens is 248 g/mol. The lowest BCUT2D eigenvalue weighted by Gasteiger charge is -2.45. The molecule has 2 fully saturated rings. The molecule has 0 aromatic heterocycles. The van der Waals surface area contributed by atoms with E-state index in [9.17, 15) is 0 Å². The molecule has 1 saturated heterocycles. The maximum Gasteiger partial charge on any atom is 0.0777 e. The van der Waals surface area contributed by atoms with Crippen LogP contribution >= 0.6 is 0 Å². The van der Waals surface area contributed by atoms with E-state index in [-0.39, 0.29) is 5.60 Å². The number of ether oxygens (including phenoxy) is 1. The molecule has 0 bridgehead atoms. The second kappa shape index (κ2) is 6.76. The minimum atomic E-state index is 0.0680. The zero-order chi connectivity index (χ0) is 14.8. The lowest BCUT2D eigenvalue weighted by molar-refractivity contribution is -0.0584. The molecule has 118 valence electrons. The van der Waals surface area contributed by atoms with Gasteiger partial charge in [-0.1, -0.05) is 13.8 Å². The summed E-state index contributed by atoms with van der Waals surface area (Å²) >= 11 is 0. The third-order valence-corrected chi connectivity index (χ3v) is 5.75. The van der Waals surface area contributed by atoms with Crippen LogP contribution in [-0.4, -0.2) is 50.3 Å². The summed E-state index contributed by atoms with van der Waals surface area (Å²) < 4.78 is 5.74. The molecule has 0 amide bonds. The van der Waals surface area contributed by atoms with Crippen molar-refractivity contribution in [3.05, 3.63) is 0 Å². The summed E-state index contributed by atoms with van der Waals surface area (Å²) in [5.41, 5.74) is 0.0680. The van der Waals surface area contributed by atoms with Gasteiger partial charge in [0.25, 0.3) is 0 Å². The Labute approximate surface area is 125 Å². The molecule has 0 aromatic carbocycles. The van der Waals surface area contributed by atoms with E-state index >= 15 is 0 Å². The lowest BCUT2D eigenvalue weighted by Crippen LogP contribution is -2.53. The highest BCUT2D eigenvalue weighted by Crippen LogP contribution is 2.35. The van der Waals surface area contributed by atoms with E-state index in [0.29, 0.717) is 6.04 Å². The van der Waals surface area contributed by atoms with Crippen molar-refractivity contribution >= 4 is 0 Å². The van der Waals surface area contributed by atoms with E-state index < -0.39 is 0 Å². The first kappa shape index (κ1) is 16.3. The van der Waals surface area contributed by atoms with E-state index in [1.165, 1.54) is 38.8 Å². The highest BCUT2D eigenvalue weighted by atomic mass is 16.5. The fourth-order valence-corrected chi connectivity index (χ4v) is 4.48. The van der Waals surface area contributed by atoms with Gasteiger partial charge in [0.15, 0.2) is 0 Å². The summed E-state index contributed by atoms with van der Waals surface area (Å²) in [6, 6.07) is 0.685. The maximum absolute atomic E-state index is 5.74. The number of rotatable bonds is 4. The molecule has 0 radical (unpaired) electrons. The van der Waals surface area contributed by atoms with Crippen LogP contribution in [0.15, 0.2) is 0 Å². The van der Waals surface area contributed by atoms with Crippen molar-refractivity contribution in [2.45, 2.75) is 58.1 Å². The van der Waals surface area contributed by atoms with Crippen LogP contribution in [0.2, 0.25) is 0 Å². The van der Waals surface area contributed by atoms with Crippen molar-refractivity contribution < 1.29 is 4.74 Å². The average molecular weight is 282 g/mol. The SMILES string of the molecule is CNC1CC(C)CC(C)C1CN1CCCC(C)(OC)C1. The first-order chi connectivity index (χ1) is 9.47. The number of methoxy groups -OCH3 is 1. The standard InChI is InChI=1S/C17H34N2O/c1-13-9-14(2)15(16(10-13)18-4)11-19-8-6-7-17(3,12-19)20-5/h13-16,18H,6-12H2,1-5H3. The van der Waals surface area contributed by atoms with Crippen LogP contribution in [0.3, 0.4) is 0 Å². The molecule has 1 aliphatic carbocycles. The lowest BCUT2D eigenvalue weighted by atomic mass is 9.72. The summed E-state index contributed by atoms with van der Waals surface area (Å²) in [6.45, 7) is 10.7.